The van der Waals surface area contributed by atoms with Crippen LogP contribution in [-0.4, -0.2) is 16.5 Å². The highest BCUT2D eigenvalue weighted by Crippen LogP contribution is 2.52. The lowest BCUT2D eigenvalue weighted by molar-refractivity contribution is -0.125. The minimum atomic E-state index is -0.533. The molecule has 0 aromatic carbocycles. The van der Waals surface area contributed by atoms with E-state index in [0.29, 0.717) is 29.5 Å². The molecular formula is C15H26O2. The second-order valence-corrected chi connectivity index (χ2v) is 7.02. The zero-order valence-electron chi connectivity index (χ0n) is 11.6. The molecule has 5 unspecified atom stereocenters. The van der Waals surface area contributed by atoms with Crippen molar-refractivity contribution in [1.82, 2.24) is 0 Å². The molecule has 1 N–H and O–H groups in total. The normalized spacial score (nSPS) is 46.0. The molecule has 17 heavy (non-hydrogen) atoms. The number of carbonyl (C=O) groups is 1. The predicted molar refractivity (Wildman–Crippen MR) is 68.6 cm³/mol. The zero-order valence-corrected chi connectivity index (χ0v) is 11.6. The van der Waals surface area contributed by atoms with Crippen LogP contribution in [0.3, 0.4) is 0 Å². The van der Waals surface area contributed by atoms with Crippen molar-refractivity contribution in [2.45, 2.75) is 59.0 Å². The summed E-state index contributed by atoms with van der Waals surface area (Å²) in [5.74, 6) is 2.87. The van der Waals surface area contributed by atoms with Crippen LogP contribution >= 0.6 is 0 Å². The molecule has 0 aromatic heterocycles. The van der Waals surface area contributed by atoms with E-state index in [4.69, 9.17) is 0 Å². The number of hydrogen-bond donors (Lipinski definition) is 1. The first-order valence-electron chi connectivity index (χ1n) is 7.03. The molecule has 2 fully saturated rings. The van der Waals surface area contributed by atoms with Gasteiger partial charge in [-0.1, -0.05) is 13.8 Å². The number of ketones is 1. The van der Waals surface area contributed by atoms with Crippen LogP contribution in [0.2, 0.25) is 0 Å². The van der Waals surface area contributed by atoms with Crippen molar-refractivity contribution >= 4 is 5.78 Å². The molecule has 0 bridgehead atoms. The first kappa shape index (κ1) is 13.1. The van der Waals surface area contributed by atoms with Gasteiger partial charge in [-0.25, -0.2) is 0 Å². The van der Waals surface area contributed by atoms with E-state index in [1.165, 1.54) is 6.42 Å². The lowest BCUT2D eigenvalue weighted by Crippen LogP contribution is -2.35. The predicted octanol–water partition coefficient (Wildman–Crippen LogP) is 3.03. The molecule has 0 heterocycles. The Hall–Kier alpha value is -0.370. The lowest BCUT2D eigenvalue weighted by Gasteiger charge is -2.39. The highest BCUT2D eigenvalue weighted by atomic mass is 16.3. The van der Waals surface area contributed by atoms with Crippen molar-refractivity contribution in [2.75, 3.05) is 0 Å². The van der Waals surface area contributed by atoms with Gasteiger partial charge < -0.3 is 5.11 Å². The van der Waals surface area contributed by atoms with Gasteiger partial charge in [-0.2, -0.15) is 0 Å². The van der Waals surface area contributed by atoms with Gasteiger partial charge in [0.05, 0.1) is 5.60 Å². The summed E-state index contributed by atoms with van der Waals surface area (Å²) in [5, 5.41) is 10.2. The Morgan fingerprint density at radius 3 is 2.47 bits per heavy atom. The fourth-order valence-electron chi connectivity index (χ4n) is 4.20. The topological polar surface area (TPSA) is 37.3 Å². The molecular weight excluding hydrogens is 212 g/mol. The van der Waals surface area contributed by atoms with E-state index in [0.717, 1.165) is 19.3 Å². The Labute approximate surface area is 105 Å². The van der Waals surface area contributed by atoms with E-state index in [9.17, 15) is 9.90 Å². The van der Waals surface area contributed by atoms with Crippen LogP contribution in [0.4, 0.5) is 0 Å². The quantitative estimate of drug-likeness (QED) is 0.803. The molecule has 2 nitrogen and oxygen atoms in total. The SMILES string of the molecule is CC(=O)C1CC(C(C)C)CC2CC(C)(O)CC21. The highest BCUT2D eigenvalue weighted by Gasteiger charge is 2.49. The van der Waals surface area contributed by atoms with Gasteiger partial charge in [-0.3, -0.25) is 4.79 Å². The third kappa shape index (κ3) is 2.57. The standard InChI is InChI=1S/C15H26O2/c1-9(2)11-5-12-7-15(4,17)8-14(12)13(6-11)10(3)16/h9,11-14,17H,5-8H2,1-4H3. The van der Waals surface area contributed by atoms with Gasteiger partial charge in [-0.15, -0.1) is 0 Å². The third-order valence-electron chi connectivity index (χ3n) is 5.13. The zero-order chi connectivity index (χ0) is 12.8. The number of carbonyl (C=O) groups excluding carboxylic acids is 1. The van der Waals surface area contributed by atoms with E-state index < -0.39 is 5.60 Å². The molecule has 98 valence electrons. The van der Waals surface area contributed by atoms with Crippen molar-refractivity contribution in [3.63, 3.8) is 0 Å². The van der Waals surface area contributed by atoms with Crippen LogP contribution in [0.15, 0.2) is 0 Å². The van der Waals surface area contributed by atoms with Crippen LogP contribution in [0.5, 0.6) is 0 Å². The molecule has 2 heteroatoms. The summed E-state index contributed by atoms with van der Waals surface area (Å²) in [6.07, 6.45) is 3.98. The van der Waals surface area contributed by atoms with Crippen LogP contribution in [0, 0.1) is 29.6 Å². The number of hydrogen-bond acceptors (Lipinski definition) is 2. The van der Waals surface area contributed by atoms with Crippen molar-refractivity contribution in [1.29, 1.82) is 0 Å². The van der Waals surface area contributed by atoms with Gasteiger partial charge in [-0.05, 0) is 63.2 Å². The molecule has 0 aromatic rings. The number of aliphatic hydroxyl groups is 1. The summed E-state index contributed by atoms with van der Waals surface area (Å²) in [5.41, 5.74) is -0.533. The van der Waals surface area contributed by atoms with Crippen LogP contribution in [0.25, 0.3) is 0 Å². The van der Waals surface area contributed by atoms with Crippen molar-refractivity contribution in [3.05, 3.63) is 0 Å². The maximum atomic E-state index is 11.8. The first-order valence-corrected chi connectivity index (χ1v) is 7.03. The first-order chi connectivity index (χ1) is 7.80. The van der Waals surface area contributed by atoms with Crippen LogP contribution in [0.1, 0.15) is 53.4 Å². The second kappa shape index (κ2) is 4.38. The van der Waals surface area contributed by atoms with E-state index >= 15 is 0 Å². The van der Waals surface area contributed by atoms with Crippen LogP contribution in [-0.2, 0) is 4.79 Å². The molecule has 0 aliphatic heterocycles. The summed E-state index contributed by atoms with van der Waals surface area (Å²) in [6, 6.07) is 0. The molecule has 2 rings (SSSR count). The molecule has 0 saturated heterocycles. The Morgan fingerprint density at radius 2 is 1.94 bits per heavy atom. The van der Waals surface area contributed by atoms with Crippen molar-refractivity contribution in [2.24, 2.45) is 29.6 Å². The van der Waals surface area contributed by atoms with E-state index in [1.54, 1.807) is 6.92 Å². The molecule has 0 amide bonds. The highest BCUT2D eigenvalue weighted by molar-refractivity contribution is 5.78. The average Bonchev–Trinajstić information content (AvgIpc) is 2.49. The number of rotatable bonds is 2. The Balaban J connectivity index is 2.18. The van der Waals surface area contributed by atoms with Gasteiger partial charge in [0.25, 0.3) is 0 Å². The fourth-order valence-corrected chi connectivity index (χ4v) is 4.20. The average molecular weight is 238 g/mol. The maximum absolute atomic E-state index is 11.8. The maximum Gasteiger partial charge on any atom is 0.133 e. The van der Waals surface area contributed by atoms with Gasteiger partial charge in [0.15, 0.2) is 0 Å². The molecule has 2 saturated carbocycles. The van der Waals surface area contributed by atoms with Gasteiger partial charge >= 0.3 is 0 Å². The molecule has 2 aliphatic rings. The Morgan fingerprint density at radius 1 is 1.29 bits per heavy atom. The summed E-state index contributed by atoms with van der Waals surface area (Å²) >= 11 is 0. The minimum Gasteiger partial charge on any atom is -0.390 e. The van der Waals surface area contributed by atoms with Crippen LogP contribution < -0.4 is 0 Å². The van der Waals surface area contributed by atoms with E-state index in [-0.39, 0.29) is 5.92 Å². The summed E-state index contributed by atoms with van der Waals surface area (Å²) in [6.45, 7) is 8.19. The van der Waals surface area contributed by atoms with E-state index in [1.807, 2.05) is 6.92 Å². The largest absolute Gasteiger partial charge is 0.390 e. The molecule has 2 aliphatic carbocycles. The molecule has 0 spiro atoms. The fraction of sp³-hybridized carbons (Fsp3) is 0.933. The summed E-state index contributed by atoms with van der Waals surface area (Å²) in [4.78, 5) is 11.8. The lowest BCUT2D eigenvalue weighted by atomic mass is 9.65. The minimum absolute atomic E-state index is 0.204. The molecule has 5 atom stereocenters. The third-order valence-corrected chi connectivity index (χ3v) is 5.13. The number of fused-ring (bicyclic) bond motifs is 1. The van der Waals surface area contributed by atoms with Crippen molar-refractivity contribution < 1.29 is 9.90 Å². The smallest absolute Gasteiger partial charge is 0.133 e. The van der Waals surface area contributed by atoms with Gasteiger partial charge in [0, 0.05) is 5.92 Å². The molecule has 0 radical (unpaired) electrons. The van der Waals surface area contributed by atoms with E-state index in [2.05, 4.69) is 13.8 Å². The summed E-state index contributed by atoms with van der Waals surface area (Å²) < 4.78 is 0. The van der Waals surface area contributed by atoms with Gasteiger partial charge in [0.1, 0.15) is 5.78 Å². The Kier molecular flexibility index (Phi) is 3.37. The van der Waals surface area contributed by atoms with Crippen molar-refractivity contribution in [3.8, 4) is 0 Å². The second-order valence-electron chi connectivity index (χ2n) is 7.02. The van der Waals surface area contributed by atoms with Gasteiger partial charge in [0.2, 0.25) is 0 Å². The summed E-state index contributed by atoms with van der Waals surface area (Å²) in [7, 11) is 0. The number of Topliss-reactive ketones (excluding diaryl/α,β-unsaturated/α-hetero) is 1. The monoisotopic (exact) mass is 238 g/mol. The Bertz CT molecular complexity index is 306.